The molecule has 0 bridgehead atoms. The van der Waals surface area contributed by atoms with Crippen molar-refractivity contribution >= 4 is 33.0 Å². The van der Waals surface area contributed by atoms with Crippen molar-refractivity contribution in [3.63, 3.8) is 0 Å². The van der Waals surface area contributed by atoms with E-state index in [1.165, 1.54) is 7.11 Å². The van der Waals surface area contributed by atoms with E-state index in [0.29, 0.717) is 5.69 Å². The molecular weight excluding hydrogens is 274 g/mol. The molecule has 2 rings (SSSR count). The third-order valence-electron chi connectivity index (χ3n) is 2.36. The number of benzene rings is 1. The molecule has 0 saturated heterocycles. The zero-order chi connectivity index (χ0) is 11.7. The molecule has 0 N–H and O–H groups in total. The van der Waals surface area contributed by atoms with Gasteiger partial charge < -0.3 is 9.47 Å². The molecule has 2 aromatic rings. The van der Waals surface area contributed by atoms with E-state index in [-0.39, 0.29) is 0 Å². The molecule has 0 fully saturated rings. The highest BCUT2D eigenvalue weighted by Gasteiger charge is 2.16. The van der Waals surface area contributed by atoms with E-state index < -0.39 is 5.97 Å². The van der Waals surface area contributed by atoms with Crippen LogP contribution in [0.1, 0.15) is 10.5 Å². The first kappa shape index (κ1) is 11.0. The second-order valence-electron chi connectivity index (χ2n) is 3.20. The average molecular weight is 284 g/mol. The predicted molar refractivity (Wildman–Crippen MR) is 64.2 cm³/mol. The number of aromatic nitrogens is 1. The van der Waals surface area contributed by atoms with Gasteiger partial charge in [-0.15, -0.1) is 0 Å². The van der Waals surface area contributed by atoms with Crippen LogP contribution in [0.4, 0.5) is 0 Å². The fourth-order valence-electron chi connectivity index (χ4n) is 1.59. The van der Waals surface area contributed by atoms with Crippen LogP contribution < -0.4 is 4.74 Å². The monoisotopic (exact) mass is 283 g/mol. The third-order valence-corrected chi connectivity index (χ3v) is 3.13. The molecule has 0 unspecified atom stereocenters. The quantitative estimate of drug-likeness (QED) is 0.796. The topological polar surface area (TPSA) is 40.5 Å². The lowest BCUT2D eigenvalue weighted by Crippen LogP contribution is -2.03. The molecule has 4 nitrogen and oxygen atoms in total. The molecule has 0 aliphatic carbocycles. The molecule has 0 radical (unpaired) electrons. The smallest absolute Gasteiger partial charge is 0.355 e. The second kappa shape index (κ2) is 4.17. The highest BCUT2D eigenvalue weighted by atomic mass is 79.9. The van der Waals surface area contributed by atoms with Gasteiger partial charge in [-0.2, -0.15) is 0 Å². The minimum Gasteiger partial charge on any atom is -0.496 e. The van der Waals surface area contributed by atoms with Gasteiger partial charge in [0.25, 0.3) is 0 Å². The number of fused-ring (bicyclic) bond motifs is 1. The van der Waals surface area contributed by atoms with E-state index in [2.05, 4.69) is 20.9 Å². The van der Waals surface area contributed by atoms with Gasteiger partial charge in [0.05, 0.1) is 35.9 Å². The molecule has 0 atom stereocenters. The van der Waals surface area contributed by atoms with Gasteiger partial charge in [-0.05, 0) is 18.2 Å². The van der Waals surface area contributed by atoms with Crippen LogP contribution in [0.5, 0.6) is 5.75 Å². The van der Waals surface area contributed by atoms with E-state index in [4.69, 9.17) is 4.74 Å². The first-order valence-electron chi connectivity index (χ1n) is 4.62. The molecule has 0 amide bonds. The summed E-state index contributed by atoms with van der Waals surface area (Å²) in [6.07, 6.45) is 0. The Morgan fingerprint density at radius 1 is 1.38 bits per heavy atom. The number of halogens is 1. The van der Waals surface area contributed by atoms with Crippen molar-refractivity contribution in [2.45, 2.75) is 0 Å². The fraction of sp³-hybridized carbons (Fsp3) is 0.182. The summed E-state index contributed by atoms with van der Waals surface area (Å²) in [5.74, 6) is 0.330. The van der Waals surface area contributed by atoms with Crippen molar-refractivity contribution in [1.82, 2.24) is 3.59 Å². The number of hydrogen-bond donors (Lipinski definition) is 0. The van der Waals surface area contributed by atoms with Crippen LogP contribution >= 0.6 is 16.1 Å². The number of hydrogen-bond acceptors (Lipinski definition) is 3. The van der Waals surface area contributed by atoms with E-state index in [1.807, 2.05) is 18.2 Å². The van der Waals surface area contributed by atoms with Crippen molar-refractivity contribution < 1.29 is 14.3 Å². The van der Waals surface area contributed by atoms with Crippen molar-refractivity contribution in [2.75, 3.05) is 14.2 Å². The van der Waals surface area contributed by atoms with E-state index >= 15 is 0 Å². The van der Waals surface area contributed by atoms with Crippen LogP contribution in [0.2, 0.25) is 0 Å². The van der Waals surface area contributed by atoms with Crippen LogP contribution in [0, 0.1) is 0 Å². The Labute approximate surface area is 101 Å². The average Bonchev–Trinajstić information content (AvgIpc) is 2.66. The van der Waals surface area contributed by atoms with Gasteiger partial charge in [-0.1, -0.05) is 6.07 Å². The summed E-state index contributed by atoms with van der Waals surface area (Å²) in [6.45, 7) is 0. The lowest BCUT2D eigenvalue weighted by molar-refractivity contribution is 0.0594. The van der Waals surface area contributed by atoms with Gasteiger partial charge in [0, 0.05) is 5.39 Å². The van der Waals surface area contributed by atoms with Crippen molar-refractivity contribution in [2.24, 2.45) is 0 Å². The molecule has 84 valence electrons. The summed E-state index contributed by atoms with van der Waals surface area (Å²) in [6, 6.07) is 7.32. The molecular formula is C11H10BrNO3. The fourth-order valence-corrected chi connectivity index (χ4v) is 2.15. The maximum absolute atomic E-state index is 11.5. The maximum atomic E-state index is 11.5. The molecule has 0 aliphatic heterocycles. The molecule has 1 heterocycles. The molecule has 1 aromatic carbocycles. The number of ether oxygens (including phenoxy) is 2. The third kappa shape index (κ3) is 1.57. The Morgan fingerprint density at radius 3 is 2.75 bits per heavy atom. The Hall–Kier alpha value is -1.49. The highest BCUT2D eigenvalue weighted by molar-refractivity contribution is 9.08. The van der Waals surface area contributed by atoms with Crippen LogP contribution in [0.3, 0.4) is 0 Å². The second-order valence-corrected chi connectivity index (χ2v) is 3.90. The molecule has 1 aromatic heterocycles. The molecule has 0 saturated carbocycles. The summed E-state index contributed by atoms with van der Waals surface area (Å²) in [4.78, 5) is 11.5. The van der Waals surface area contributed by atoms with Crippen molar-refractivity contribution in [3.8, 4) is 5.75 Å². The van der Waals surface area contributed by atoms with Gasteiger partial charge in [0.2, 0.25) is 0 Å². The van der Waals surface area contributed by atoms with Gasteiger partial charge in [-0.3, -0.25) is 3.59 Å². The Kier molecular flexibility index (Phi) is 2.87. The Morgan fingerprint density at radius 2 is 2.12 bits per heavy atom. The van der Waals surface area contributed by atoms with Crippen LogP contribution in [-0.4, -0.2) is 23.8 Å². The van der Waals surface area contributed by atoms with Gasteiger partial charge >= 0.3 is 5.97 Å². The summed E-state index contributed by atoms with van der Waals surface area (Å²) in [5.41, 5.74) is 1.29. The SMILES string of the molecule is COC(=O)c1cc2c(OC)cccc2n1Br. The first-order chi connectivity index (χ1) is 7.69. The number of esters is 1. The van der Waals surface area contributed by atoms with E-state index in [1.54, 1.807) is 16.8 Å². The Bertz CT molecular complexity index is 547. The van der Waals surface area contributed by atoms with Crippen LogP contribution in [0.15, 0.2) is 24.3 Å². The standard InChI is InChI=1S/C11H10BrNO3/c1-15-10-5-3-4-8-7(10)6-9(13(8)12)11(14)16-2/h3-6H,1-2H3. The zero-order valence-electron chi connectivity index (χ0n) is 8.86. The van der Waals surface area contributed by atoms with Crippen molar-refractivity contribution in [1.29, 1.82) is 0 Å². The summed E-state index contributed by atoms with van der Waals surface area (Å²) in [5, 5.41) is 0.863. The minimum atomic E-state index is -0.393. The van der Waals surface area contributed by atoms with Crippen LogP contribution in [-0.2, 0) is 4.74 Å². The largest absolute Gasteiger partial charge is 0.496 e. The van der Waals surface area contributed by atoms with Gasteiger partial charge in [0.15, 0.2) is 0 Å². The first-order valence-corrected chi connectivity index (χ1v) is 5.33. The Balaban J connectivity index is 2.72. The van der Waals surface area contributed by atoms with Crippen molar-refractivity contribution in [3.05, 3.63) is 30.0 Å². The molecule has 5 heteroatoms. The predicted octanol–water partition coefficient (Wildman–Crippen LogP) is 2.59. The normalized spacial score (nSPS) is 10.4. The van der Waals surface area contributed by atoms with Gasteiger partial charge in [0.1, 0.15) is 11.4 Å². The molecule has 0 aliphatic rings. The number of nitrogens with zero attached hydrogens (tertiary/aromatic N) is 1. The summed E-state index contributed by atoms with van der Waals surface area (Å²) in [7, 11) is 2.95. The summed E-state index contributed by atoms with van der Waals surface area (Å²) >= 11 is 3.32. The lowest BCUT2D eigenvalue weighted by Gasteiger charge is -2.01. The molecule has 0 spiro atoms. The number of methoxy groups -OCH3 is 2. The summed E-state index contributed by atoms with van der Waals surface area (Å²) < 4.78 is 11.5. The zero-order valence-corrected chi connectivity index (χ0v) is 10.4. The molecule has 16 heavy (non-hydrogen) atoms. The highest BCUT2D eigenvalue weighted by Crippen LogP contribution is 2.30. The minimum absolute atomic E-state index is 0.393. The van der Waals surface area contributed by atoms with Gasteiger partial charge in [-0.25, -0.2) is 4.79 Å². The number of carbonyl (C=O) groups excluding carboxylic acids is 1. The number of carbonyl (C=O) groups is 1. The number of rotatable bonds is 2. The van der Waals surface area contributed by atoms with Crippen LogP contribution in [0.25, 0.3) is 10.9 Å². The lowest BCUT2D eigenvalue weighted by atomic mass is 10.2. The maximum Gasteiger partial charge on any atom is 0.355 e. The van der Waals surface area contributed by atoms with E-state index in [9.17, 15) is 4.79 Å². The van der Waals surface area contributed by atoms with E-state index in [0.717, 1.165) is 16.7 Å².